The van der Waals surface area contributed by atoms with E-state index in [0.717, 1.165) is 5.69 Å². The number of aryl methyl sites for hydroxylation is 1. The van der Waals surface area contributed by atoms with Crippen LogP contribution in [0.4, 0.5) is 0 Å². The molecule has 92 valence electrons. The van der Waals surface area contributed by atoms with Crippen molar-refractivity contribution in [2.24, 2.45) is 5.11 Å². The maximum Gasteiger partial charge on any atom is 0.263 e. The molecule has 0 atom stereocenters. The van der Waals surface area contributed by atoms with Crippen molar-refractivity contribution < 1.29 is 4.79 Å². The average Bonchev–Trinajstić information content (AvgIpc) is 3.05. The molecule has 2 N–H and O–H groups in total. The molecule has 0 aliphatic heterocycles. The van der Waals surface area contributed by atoms with E-state index in [1.165, 1.54) is 6.20 Å². The van der Waals surface area contributed by atoms with Gasteiger partial charge in [-0.1, -0.05) is 5.11 Å². The van der Waals surface area contributed by atoms with Crippen LogP contribution in [0.3, 0.4) is 0 Å². The molecule has 2 heterocycles. The maximum atomic E-state index is 11.8. The fourth-order valence-corrected chi connectivity index (χ4v) is 1.49. The minimum absolute atomic E-state index is 0.253. The summed E-state index contributed by atoms with van der Waals surface area (Å²) in [4.78, 5) is 28.0. The highest BCUT2D eigenvalue weighted by atomic mass is 16.1. The molecule has 2 rings (SSSR count). The number of hydrogen-bond donors (Lipinski definition) is 2. The third-order valence-corrected chi connectivity index (χ3v) is 2.32. The lowest BCUT2D eigenvalue weighted by atomic mass is 10.2. The number of H-pyrrole nitrogens is 2. The molecular formula is C10H11N7O. The first kappa shape index (κ1) is 11.9. The smallest absolute Gasteiger partial charge is 0.263 e. The van der Waals surface area contributed by atoms with E-state index in [4.69, 9.17) is 5.53 Å². The number of aromatic amines is 2. The van der Waals surface area contributed by atoms with Crippen LogP contribution in [0.5, 0.6) is 0 Å². The van der Waals surface area contributed by atoms with Crippen molar-refractivity contribution in [3.05, 3.63) is 46.4 Å². The van der Waals surface area contributed by atoms with Gasteiger partial charge in [0.15, 0.2) is 11.6 Å². The van der Waals surface area contributed by atoms with Crippen LogP contribution < -0.4 is 0 Å². The first-order valence-electron chi connectivity index (χ1n) is 5.40. The van der Waals surface area contributed by atoms with Gasteiger partial charge < -0.3 is 9.97 Å². The molecule has 0 aliphatic rings. The fourth-order valence-electron chi connectivity index (χ4n) is 1.49. The largest absolute Gasteiger partial charge is 0.342 e. The lowest BCUT2D eigenvalue weighted by Crippen LogP contribution is -2.05. The second-order valence-electron chi connectivity index (χ2n) is 3.58. The molecule has 0 unspecified atom stereocenters. The number of rotatable bonds is 6. The molecule has 0 amide bonds. The summed E-state index contributed by atoms with van der Waals surface area (Å²) in [7, 11) is 0. The van der Waals surface area contributed by atoms with Gasteiger partial charge in [0.05, 0.1) is 0 Å². The van der Waals surface area contributed by atoms with Crippen molar-refractivity contribution in [1.29, 1.82) is 0 Å². The number of carbonyl (C=O) groups is 1. The normalized spacial score (nSPS) is 10.0. The summed E-state index contributed by atoms with van der Waals surface area (Å²) < 4.78 is 0. The van der Waals surface area contributed by atoms with Crippen molar-refractivity contribution in [2.75, 3.05) is 6.54 Å². The zero-order valence-electron chi connectivity index (χ0n) is 9.50. The second kappa shape index (κ2) is 5.65. The maximum absolute atomic E-state index is 11.8. The van der Waals surface area contributed by atoms with Gasteiger partial charge in [-0.3, -0.25) is 4.79 Å². The van der Waals surface area contributed by atoms with E-state index in [1.54, 1.807) is 12.4 Å². The monoisotopic (exact) mass is 245 g/mol. The molecule has 2 aromatic heterocycles. The number of imidazole rings is 2. The summed E-state index contributed by atoms with van der Waals surface area (Å²) in [5.74, 6) is 0.231. The topological polar surface area (TPSA) is 123 Å². The number of nitrogens with one attached hydrogen (secondary N) is 2. The Morgan fingerprint density at radius 1 is 1.44 bits per heavy atom. The molecule has 0 saturated heterocycles. The molecule has 0 aromatic carbocycles. The van der Waals surface area contributed by atoms with Crippen molar-refractivity contribution in [2.45, 2.75) is 12.8 Å². The summed E-state index contributed by atoms with van der Waals surface area (Å²) in [5.41, 5.74) is 8.96. The van der Waals surface area contributed by atoms with Crippen molar-refractivity contribution in [1.82, 2.24) is 19.9 Å². The van der Waals surface area contributed by atoms with E-state index in [-0.39, 0.29) is 17.4 Å². The summed E-state index contributed by atoms with van der Waals surface area (Å²) in [6, 6.07) is 0. The molecule has 0 fully saturated rings. The fraction of sp³-hybridized carbons (Fsp3) is 0.300. The van der Waals surface area contributed by atoms with Crippen LogP contribution in [-0.2, 0) is 6.42 Å². The number of ketones is 1. The number of hydrogen-bond acceptors (Lipinski definition) is 4. The Morgan fingerprint density at radius 3 is 3.06 bits per heavy atom. The van der Waals surface area contributed by atoms with E-state index in [2.05, 4.69) is 30.0 Å². The van der Waals surface area contributed by atoms with Gasteiger partial charge in [-0.25, -0.2) is 9.97 Å². The predicted molar refractivity (Wildman–Crippen MR) is 62.9 cm³/mol. The second-order valence-corrected chi connectivity index (χ2v) is 3.58. The van der Waals surface area contributed by atoms with E-state index >= 15 is 0 Å². The molecule has 18 heavy (non-hydrogen) atoms. The van der Waals surface area contributed by atoms with Gasteiger partial charge in [-0.05, 0) is 18.4 Å². The van der Waals surface area contributed by atoms with Crippen LogP contribution >= 0.6 is 0 Å². The first-order valence-corrected chi connectivity index (χ1v) is 5.40. The van der Waals surface area contributed by atoms with Crippen LogP contribution in [0.2, 0.25) is 0 Å². The molecule has 8 nitrogen and oxygen atoms in total. The van der Waals surface area contributed by atoms with Crippen molar-refractivity contribution >= 4 is 5.78 Å². The van der Waals surface area contributed by atoms with Gasteiger partial charge in [-0.2, -0.15) is 0 Å². The Bertz CT molecular complexity index is 565. The lowest BCUT2D eigenvalue weighted by molar-refractivity contribution is 0.102. The van der Waals surface area contributed by atoms with Gasteiger partial charge in [0.1, 0.15) is 0 Å². The quantitative estimate of drug-likeness (QED) is 0.264. The van der Waals surface area contributed by atoms with Gasteiger partial charge in [0.2, 0.25) is 0 Å². The molecule has 2 aromatic rings. The van der Waals surface area contributed by atoms with Crippen molar-refractivity contribution in [3.63, 3.8) is 0 Å². The van der Waals surface area contributed by atoms with Crippen LogP contribution in [0.15, 0.2) is 23.7 Å². The van der Waals surface area contributed by atoms with Gasteiger partial charge >= 0.3 is 0 Å². The van der Waals surface area contributed by atoms with Crippen LogP contribution in [0.25, 0.3) is 10.4 Å². The van der Waals surface area contributed by atoms with Gasteiger partial charge in [0.25, 0.3) is 5.78 Å². The average molecular weight is 245 g/mol. The van der Waals surface area contributed by atoms with Crippen LogP contribution in [0.1, 0.15) is 28.6 Å². The SMILES string of the molecule is [N-]=[N+]=NCCCc1cnc(C(=O)c2ncc[nH]2)[nH]1. The number of aromatic nitrogens is 4. The highest BCUT2D eigenvalue weighted by Crippen LogP contribution is 2.05. The van der Waals surface area contributed by atoms with E-state index in [0.29, 0.717) is 19.4 Å². The molecule has 0 aliphatic carbocycles. The molecular weight excluding hydrogens is 234 g/mol. The number of carbonyl (C=O) groups excluding carboxylic acids is 1. The molecule has 0 saturated carbocycles. The Kier molecular flexibility index (Phi) is 3.72. The zero-order chi connectivity index (χ0) is 12.8. The third kappa shape index (κ3) is 2.74. The Hall–Kier alpha value is -2.60. The zero-order valence-corrected chi connectivity index (χ0v) is 9.50. The summed E-state index contributed by atoms with van der Waals surface area (Å²) in [6.07, 6.45) is 6.08. The van der Waals surface area contributed by atoms with Gasteiger partial charge in [-0.15, -0.1) is 0 Å². The minimum atomic E-state index is -0.277. The molecule has 0 bridgehead atoms. The molecule has 8 heteroatoms. The van der Waals surface area contributed by atoms with Crippen LogP contribution in [-0.4, -0.2) is 32.3 Å². The number of azide groups is 1. The highest BCUT2D eigenvalue weighted by Gasteiger charge is 2.14. The highest BCUT2D eigenvalue weighted by molar-refractivity contribution is 6.03. The Balaban J connectivity index is 1.97. The number of nitrogens with zero attached hydrogens (tertiary/aromatic N) is 5. The molecule has 0 spiro atoms. The molecule has 0 radical (unpaired) electrons. The van der Waals surface area contributed by atoms with E-state index in [9.17, 15) is 4.79 Å². The summed E-state index contributed by atoms with van der Waals surface area (Å²) in [5, 5.41) is 3.43. The predicted octanol–water partition coefficient (Wildman–Crippen LogP) is 1.61. The summed E-state index contributed by atoms with van der Waals surface area (Å²) >= 11 is 0. The first-order chi connectivity index (χ1) is 8.81. The lowest BCUT2D eigenvalue weighted by Gasteiger charge is -1.94. The summed E-state index contributed by atoms with van der Waals surface area (Å²) in [6.45, 7) is 0.428. The van der Waals surface area contributed by atoms with Gasteiger partial charge in [0, 0.05) is 35.7 Å². The third-order valence-electron chi connectivity index (χ3n) is 2.32. The van der Waals surface area contributed by atoms with Crippen LogP contribution in [0, 0.1) is 0 Å². The van der Waals surface area contributed by atoms with E-state index in [1.807, 2.05) is 0 Å². The Labute approximate surface area is 102 Å². The standard InChI is InChI=1S/C10H11N7O/c11-17-15-3-1-2-7-6-14-10(16-7)8(18)9-12-4-5-13-9/h4-6H,1-3H2,(H,12,13)(H,14,16). The minimum Gasteiger partial charge on any atom is -0.342 e. The Morgan fingerprint density at radius 2 is 2.33 bits per heavy atom. The van der Waals surface area contributed by atoms with E-state index < -0.39 is 0 Å². The van der Waals surface area contributed by atoms with Crippen molar-refractivity contribution in [3.8, 4) is 0 Å².